The van der Waals surface area contributed by atoms with Gasteiger partial charge in [-0.2, -0.15) is 0 Å². The minimum absolute atomic E-state index is 0.00960. The molecule has 2 atom stereocenters. The average molecular weight is 326 g/mol. The number of carbonyl (C=O) groups excluding carboxylic acids is 1. The van der Waals surface area contributed by atoms with Crippen molar-refractivity contribution in [1.82, 2.24) is 10.2 Å². The van der Waals surface area contributed by atoms with Crippen molar-refractivity contribution in [3.8, 4) is 5.75 Å². The molecule has 2 aromatic rings. The fraction of sp³-hybridized carbons (Fsp3) is 0.421. The van der Waals surface area contributed by atoms with E-state index in [4.69, 9.17) is 4.74 Å². The standard InChI is InChI=1S/C19H22N2O3/c22-18-9-14-5-2-1-4-13(14)8-17(18)19(23)20-10-16-11-21-7-3-6-15(21)12-24-16/h1-2,4-5,8-9,15-16,22H,3,6-7,10-12H2,(H,20,23)/t15-,16-/m1/s1. The lowest BCUT2D eigenvalue weighted by atomic mass is 10.1. The monoisotopic (exact) mass is 326 g/mol. The summed E-state index contributed by atoms with van der Waals surface area (Å²) in [5, 5.41) is 14.9. The molecule has 5 heteroatoms. The zero-order chi connectivity index (χ0) is 16.5. The summed E-state index contributed by atoms with van der Waals surface area (Å²) in [7, 11) is 0. The predicted molar refractivity (Wildman–Crippen MR) is 92.3 cm³/mol. The molecule has 2 N–H and O–H groups in total. The minimum Gasteiger partial charge on any atom is -0.507 e. The fourth-order valence-corrected chi connectivity index (χ4v) is 3.72. The topological polar surface area (TPSA) is 61.8 Å². The van der Waals surface area contributed by atoms with Crippen molar-refractivity contribution in [2.75, 3.05) is 26.2 Å². The van der Waals surface area contributed by atoms with E-state index in [0.717, 1.165) is 30.5 Å². The van der Waals surface area contributed by atoms with Crippen LogP contribution >= 0.6 is 0 Å². The lowest BCUT2D eigenvalue weighted by molar-refractivity contribution is -0.0461. The first-order valence-corrected chi connectivity index (χ1v) is 8.56. The second-order valence-electron chi connectivity index (χ2n) is 6.67. The molecule has 0 radical (unpaired) electrons. The first-order chi connectivity index (χ1) is 11.7. The molecule has 2 saturated heterocycles. The van der Waals surface area contributed by atoms with Crippen LogP contribution in [-0.2, 0) is 4.74 Å². The molecule has 0 unspecified atom stereocenters. The van der Waals surface area contributed by atoms with Crippen LogP contribution in [-0.4, -0.2) is 54.3 Å². The largest absolute Gasteiger partial charge is 0.507 e. The molecule has 4 rings (SSSR count). The van der Waals surface area contributed by atoms with Crippen molar-refractivity contribution in [3.63, 3.8) is 0 Å². The molecular weight excluding hydrogens is 304 g/mol. The minimum atomic E-state index is -0.259. The van der Waals surface area contributed by atoms with Gasteiger partial charge in [0.2, 0.25) is 0 Å². The summed E-state index contributed by atoms with van der Waals surface area (Å²) in [5.74, 6) is -0.249. The molecule has 0 saturated carbocycles. The van der Waals surface area contributed by atoms with E-state index in [1.807, 2.05) is 24.3 Å². The van der Waals surface area contributed by atoms with Gasteiger partial charge in [0.05, 0.1) is 18.3 Å². The predicted octanol–water partition coefficient (Wildman–Crippen LogP) is 2.14. The normalized spacial score (nSPS) is 24.0. The zero-order valence-corrected chi connectivity index (χ0v) is 13.6. The number of fused-ring (bicyclic) bond motifs is 2. The number of phenols is 1. The Labute approximate surface area is 141 Å². The number of nitrogens with one attached hydrogen (secondary N) is 1. The molecule has 2 aliphatic heterocycles. The number of hydrogen-bond acceptors (Lipinski definition) is 4. The van der Waals surface area contributed by atoms with Gasteiger partial charge in [0.1, 0.15) is 5.75 Å². The Bertz CT molecular complexity index is 761. The van der Waals surface area contributed by atoms with Gasteiger partial charge < -0.3 is 15.2 Å². The highest BCUT2D eigenvalue weighted by Crippen LogP contribution is 2.25. The van der Waals surface area contributed by atoms with Crippen LogP contribution in [0.2, 0.25) is 0 Å². The molecule has 0 aliphatic carbocycles. The maximum absolute atomic E-state index is 12.4. The summed E-state index contributed by atoms with van der Waals surface area (Å²) in [6.45, 7) is 3.22. The van der Waals surface area contributed by atoms with Gasteiger partial charge in [0, 0.05) is 19.1 Å². The Kier molecular flexibility index (Phi) is 4.12. The summed E-state index contributed by atoms with van der Waals surface area (Å²) in [6.07, 6.45) is 2.47. The van der Waals surface area contributed by atoms with Crippen LogP contribution < -0.4 is 5.32 Å². The van der Waals surface area contributed by atoms with Crippen LogP contribution in [0.15, 0.2) is 36.4 Å². The molecule has 2 aliphatic rings. The van der Waals surface area contributed by atoms with Crippen molar-refractivity contribution in [3.05, 3.63) is 42.0 Å². The molecule has 2 fully saturated rings. The summed E-state index contributed by atoms with van der Waals surface area (Å²) in [6, 6.07) is 11.6. The van der Waals surface area contributed by atoms with Crippen LogP contribution in [0, 0.1) is 0 Å². The lowest BCUT2D eigenvalue weighted by Gasteiger charge is -2.35. The fourth-order valence-electron chi connectivity index (χ4n) is 3.72. The molecule has 5 nitrogen and oxygen atoms in total. The first-order valence-electron chi connectivity index (χ1n) is 8.56. The van der Waals surface area contributed by atoms with Crippen molar-refractivity contribution >= 4 is 16.7 Å². The molecule has 0 bridgehead atoms. The van der Waals surface area contributed by atoms with Crippen molar-refractivity contribution in [1.29, 1.82) is 0 Å². The van der Waals surface area contributed by atoms with Crippen LogP contribution in [0.5, 0.6) is 5.75 Å². The lowest BCUT2D eigenvalue weighted by Crippen LogP contribution is -2.50. The van der Waals surface area contributed by atoms with Gasteiger partial charge >= 0.3 is 0 Å². The van der Waals surface area contributed by atoms with Gasteiger partial charge in [-0.3, -0.25) is 9.69 Å². The summed E-state index contributed by atoms with van der Waals surface area (Å²) < 4.78 is 5.86. The number of phenolic OH excluding ortho intramolecular Hbond substituents is 1. The maximum atomic E-state index is 12.4. The highest BCUT2D eigenvalue weighted by atomic mass is 16.5. The van der Waals surface area contributed by atoms with Crippen molar-refractivity contribution in [2.45, 2.75) is 25.0 Å². The number of carbonyl (C=O) groups is 1. The van der Waals surface area contributed by atoms with Gasteiger partial charge in [-0.15, -0.1) is 0 Å². The Balaban J connectivity index is 1.42. The molecule has 2 aromatic carbocycles. The molecule has 2 heterocycles. The zero-order valence-electron chi connectivity index (χ0n) is 13.6. The number of rotatable bonds is 3. The Morgan fingerprint density at radius 2 is 2.08 bits per heavy atom. The summed E-state index contributed by atoms with van der Waals surface area (Å²) >= 11 is 0. The van der Waals surface area contributed by atoms with E-state index in [9.17, 15) is 9.90 Å². The molecule has 1 amide bonds. The Morgan fingerprint density at radius 1 is 1.29 bits per heavy atom. The first kappa shape index (κ1) is 15.4. The Hall–Kier alpha value is -2.11. The van der Waals surface area contributed by atoms with Gasteiger partial charge in [-0.05, 0) is 42.3 Å². The maximum Gasteiger partial charge on any atom is 0.255 e. The third-order valence-electron chi connectivity index (χ3n) is 5.06. The van der Waals surface area contributed by atoms with Crippen LogP contribution in [0.3, 0.4) is 0 Å². The van der Waals surface area contributed by atoms with E-state index >= 15 is 0 Å². The second-order valence-corrected chi connectivity index (χ2v) is 6.67. The van der Waals surface area contributed by atoms with E-state index in [1.165, 1.54) is 12.8 Å². The van der Waals surface area contributed by atoms with E-state index < -0.39 is 0 Å². The quantitative estimate of drug-likeness (QED) is 0.907. The molecule has 0 spiro atoms. The number of aromatic hydroxyl groups is 1. The number of benzene rings is 2. The summed E-state index contributed by atoms with van der Waals surface area (Å²) in [5.41, 5.74) is 0.309. The number of hydrogen-bond donors (Lipinski definition) is 2. The van der Waals surface area contributed by atoms with E-state index in [0.29, 0.717) is 18.2 Å². The SMILES string of the molecule is O=C(NC[C@@H]1CN2CCC[C@@H]2CO1)c1cc2ccccc2cc1O. The van der Waals surface area contributed by atoms with E-state index in [1.54, 1.807) is 12.1 Å². The highest BCUT2D eigenvalue weighted by molar-refractivity contribution is 6.01. The van der Waals surface area contributed by atoms with E-state index in [-0.39, 0.29) is 17.8 Å². The van der Waals surface area contributed by atoms with Crippen LogP contribution in [0.1, 0.15) is 23.2 Å². The molecule has 0 aromatic heterocycles. The van der Waals surface area contributed by atoms with Gasteiger partial charge in [-0.1, -0.05) is 24.3 Å². The van der Waals surface area contributed by atoms with E-state index in [2.05, 4.69) is 10.2 Å². The molecule has 24 heavy (non-hydrogen) atoms. The number of amides is 1. The van der Waals surface area contributed by atoms with Crippen LogP contribution in [0.4, 0.5) is 0 Å². The average Bonchev–Trinajstić information content (AvgIpc) is 3.06. The smallest absolute Gasteiger partial charge is 0.255 e. The Morgan fingerprint density at radius 3 is 2.92 bits per heavy atom. The van der Waals surface area contributed by atoms with Gasteiger partial charge in [0.25, 0.3) is 5.91 Å². The van der Waals surface area contributed by atoms with Gasteiger partial charge in [0.15, 0.2) is 0 Å². The summed E-state index contributed by atoms with van der Waals surface area (Å²) in [4.78, 5) is 14.9. The second kappa shape index (κ2) is 6.42. The third kappa shape index (κ3) is 2.97. The van der Waals surface area contributed by atoms with Crippen molar-refractivity contribution in [2.24, 2.45) is 0 Å². The number of ether oxygens (including phenoxy) is 1. The van der Waals surface area contributed by atoms with Crippen molar-refractivity contribution < 1.29 is 14.6 Å². The molecule has 126 valence electrons. The number of morpholine rings is 1. The number of nitrogens with zero attached hydrogens (tertiary/aromatic N) is 1. The molecular formula is C19H22N2O3. The third-order valence-corrected chi connectivity index (χ3v) is 5.06. The van der Waals surface area contributed by atoms with Crippen LogP contribution in [0.25, 0.3) is 10.8 Å². The highest BCUT2D eigenvalue weighted by Gasteiger charge is 2.32. The van der Waals surface area contributed by atoms with Gasteiger partial charge in [-0.25, -0.2) is 0 Å².